The van der Waals surface area contributed by atoms with E-state index in [2.05, 4.69) is 16.9 Å². The van der Waals surface area contributed by atoms with Crippen molar-refractivity contribution < 1.29 is 4.74 Å². The molecule has 2 rings (SSSR count). The van der Waals surface area contributed by atoms with E-state index in [1.807, 2.05) is 24.3 Å². The molecule has 1 aromatic carbocycles. The summed E-state index contributed by atoms with van der Waals surface area (Å²) >= 11 is 6.03. The summed E-state index contributed by atoms with van der Waals surface area (Å²) in [7, 11) is 0. The molecular formula is C15H18ClN3O. The van der Waals surface area contributed by atoms with E-state index in [-0.39, 0.29) is 0 Å². The van der Waals surface area contributed by atoms with Crippen LogP contribution in [0.25, 0.3) is 0 Å². The summed E-state index contributed by atoms with van der Waals surface area (Å²) < 4.78 is 5.68. The van der Waals surface area contributed by atoms with Gasteiger partial charge >= 0.3 is 0 Å². The van der Waals surface area contributed by atoms with Gasteiger partial charge in [0.1, 0.15) is 5.75 Å². The van der Waals surface area contributed by atoms with Crippen LogP contribution in [0.4, 0.5) is 0 Å². The van der Waals surface area contributed by atoms with Crippen molar-refractivity contribution in [2.45, 2.75) is 25.8 Å². The van der Waals surface area contributed by atoms with Gasteiger partial charge in [-0.3, -0.25) is 4.98 Å². The molecule has 1 aromatic heterocycles. The molecule has 1 heterocycles. The number of unbranched alkanes of at least 4 members (excludes halogenated alkanes) is 1. The molecule has 0 amide bonds. The minimum atomic E-state index is -0.411. The average Bonchev–Trinajstić information content (AvgIpc) is 2.48. The molecule has 0 fully saturated rings. The zero-order chi connectivity index (χ0) is 14.4. The predicted octanol–water partition coefficient (Wildman–Crippen LogP) is 3.36. The van der Waals surface area contributed by atoms with Crippen LogP contribution in [-0.2, 0) is 0 Å². The third-order valence-electron chi connectivity index (χ3n) is 2.96. The van der Waals surface area contributed by atoms with Gasteiger partial charge in [-0.2, -0.15) is 0 Å². The highest BCUT2D eigenvalue weighted by Crippen LogP contribution is 2.25. The summed E-state index contributed by atoms with van der Waals surface area (Å²) in [5.41, 5.74) is 7.67. The van der Waals surface area contributed by atoms with Crippen molar-refractivity contribution >= 4 is 11.6 Å². The first-order chi connectivity index (χ1) is 9.72. The maximum absolute atomic E-state index is 6.20. The van der Waals surface area contributed by atoms with Gasteiger partial charge in [0.25, 0.3) is 0 Å². The number of aromatic nitrogens is 2. The third kappa shape index (κ3) is 3.68. The molecule has 1 atom stereocenters. The van der Waals surface area contributed by atoms with Crippen LogP contribution in [-0.4, -0.2) is 16.6 Å². The van der Waals surface area contributed by atoms with E-state index in [1.54, 1.807) is 12.4 Å². The third-order valence-corrected chi connectivity index (χ3v) is 3.25. The number of hydrogen-bond donors (Lipinski definition) is 1. The maximum Gasteiger partial charge on any atom is 0.152 e. The van der Waals surface area contributed by atoms with Gasteiger partial charge in [0.2, 0.25) is 0 Å². The summed E-state index contributed by atoms with van der Waals surface area (Å²) in [5.74, 6) is 0.811. The monoisotopic (exact) mass is 291 g/mol. The van der Waals surface area contributed by atoms with Crippen molar-refractivity contribution in [1.82, 2.24) is 9.97 Å². The molecule has 0 saturated heterocycles. The highest BCUT2D eigenvalue weighted by Gasteiger charge is 2.15. The second-order valence-electron chi connectivity index (χ2n) is 4.48. The Balaban J connectivity index is 2.16. The number of rotatable bonds is 6. The average molecular weight is 292 g/mol. The molecule has 0 bridgehead atoms. The van der Waals surface area contributed by atoms with Gasteiger partial charge in [-0.05, 0) is 24.1 Å². The van der Waals surface area contributed by atoms with E-state index >= 15 is 0 Å². The normalized spacial score (nSPS) is 12.2. The van der Waals surface area contributed by atoms with Gasteiger partial charge in [-0.15, -0.1) is 0 Å². The van der Waals surface area contributed by atoms with Gasteiger partial charge in [0.05, 0.1) is 18.3 Å². The lowest BCUT2D eigenvalue weighted by Gasteiger charge is -2.14. The van der Waals surface area contributed by atoms with Crippen molar-refractivity contribution in [2.24, 2.45) is 5.73 Å². The molecule has 1 unspecified atom stereocenters. The highest BCUT2D eigenvalue weighted by atomic mass is 35.5. The van der Waals surface area contributed by atoms with Crippen LogP contribution >= 0.6 is 11.6 Å². The number of nitrogens with zero attached hydrogens (tertiary/aromatic N) is 2. The topological polar surface area (TPSA) is 61.0 Å². The zero-order valence-corrected chi connectivity index (χ0v) is 12.2. The van der Waals surface area contributed by atoms with Crippen LogP contribution in [0.5, 0.6) is 5.75 Å². The summed E-state index contributed by atoms with van der Waals surface area (Å²) in [6.45, 7) is 2.84. The van der Waals surface area contributed by atoms with Crippen LogP contribution < -0.4 is 10.5 Å². The Morgan fingerprint density at radius 2 is 2.10 bits per heavy atom. The van der Waals surface area contributed by atoms with E-state index < -0.39 is 6.04 Å². The van der Waals surface area contributed by atoms with Gasteiger partial charge in [-0.1, -0.05) is 37.1 Å². The minimum absolute atomic E-state index is 0.331. The van der Waals surface area contributed by atoms with Crippen LogP contribution in [0, 0.1) is 0 Å². The predicted molar refractivity (Wildman–Crippen MR) is 79.9 cm³/mol. The quantitative estimate of drug-likeness (QED) is 0.829. The molecule has 0 aliphatic heterocycles. The Morgan fingerprint density at radius 3 is 2.85 bits per heavy atom. The molecule has 4 nitrogen and oxygen atoms in total. The first-order valence-electron chi connectivity index (χ1n) is 6.67. The van der Waals surface area contributed by atoms with Gasteiger partial charge in [0.15, 0.2) is 5.15 Å². The Kier molecular flexibility index (Phi) is 5.32. The fourth-order valence-corrected chi connectivity index (χ4v) is 2.05. The number of ether oxygens (including phenoxy) is 1. The lowest BCUT2D eigenvalue weighted by Crippen LogP contribution is -2.14. The van der Waals surface area contributed by atoms with Crippen molar-refractivity contribution in [3.05, 3.63) is 53.1 Å². The molecule has 2 aromatic rings. The summed E-state index contributed by atoms with van der Waals surface area (Å²) in [6.07, 6.45) is 5.27. The first kappa shape index (κ1) is 14.8. The number of halogens is 1. The molecular weight excluding hydrogens is 274 g/mol. The molecule has 106 valence electrons. The van der Waals surface area contributed by atoms with E-state index in [1.165, 1.54) is 0 Å². The molecule has 2 N–H and O–H groups in total. The fourth-order valence-electron chi connectivity index (χ4n) is 1.83. The molecule has 0 spiro atoms. The van der Waals surface area contributed by atoms with E-state index in [4.69, 9.17) is 22.1 Å². The molecule has 5 heteroatoms. The van der Waals surface area contributed by atoms with Crippen LogP contribution in [0.2, 0.25) is 5.15 Å². The van der Waals surface area contributed by atoms with Crippen molar-refractivity contribution in [2.75, 3.05) is 6.61 Å². The van der Waals surface area contributed by atoms with Crippen molar-refractivity contribution in [1.29, 1.82) is 0 Å². The smallest absolute Gasteiger partial charge is 0.152 e. The SMILES string of the molecule is CCCCOc1cccc(C(N)c2nccnc2Cl)c1. The van der Waals surface area contributed by atoms with Crippen LogP contribution in [0.15, 0.2) is 36.7 Å². The Bertz CT molecular complexity index is 562. The summed E-state index contributed by atoms with van der Waals surface area (Å²) in [5, 5.41) is 0.331. The summed E-state index contributed by atoms with van der Waals surface area (Å²) in [4.78, 5) is 8.20. The Hall–Kier alpha value is -1.65. The Labute approximate surface area is 124 Å². The van der Waals surface area contributed by atoms with Crippen LogP contribution in [0.1, 0.15) is 37.1 Å². The first-order valence-corrected chi connectivity index (χ1v) is 7.05. The number of benzene rings is 1. The van der Waals surface area contributed by atoms with Gasteiger partial charge < -0.3 is 10.5 Å². The van der Waals surface area contributed by atoms with Gasteiger partial charge in [0, 0.05) is 12.4 Å². The fraction of sp³-hybridized carbons (Fsp3) is 0.333. The lowest BCUT2D eigenvalue weighted by molar-refractivity contribution is 0.309. The molecule has 0 aliphatic rings. The minimum Gasteiger partial charge on any atom is -0.494 e. The van der Waals surface area contributed by atoms with E-state index in [0.717, 1.165) is 24.2 Å². The zero-order valence-electron chi connectivity index (χ0n) is 11.4. The highest BCUT2D eigenvalue weighted by molar-refractivity contribution is 6.30. The second kappa shape index (κ2) is 7.22. The van der Waals surface area contributed by atoms with Crippen LogP contribution in [0.3, 0.4) is 0 Å². The van der Waals surface area contributed by atoms with Crippen molar-refractivity contribution in [3.8, 4) is 5.75 Å². The standard InChI is InChI=1S/C15H18ClN3O/c1-2-3-9-20-12-6-4-5-11(10-12)13(17)14-15(16)19-8-7-18-14/h4-8,10,13H,2-3,9,17H2,1H3. The number of nitrogens with two attached hydrogens (primary N) is 1. The largest absolute Gasteiger partial charge is 0.494 e. The number of hydrogen-bond acceptors (Lipinski definition) is 4. The molecule has 0 aliphatic carbocycles. The molecule has 0 radical (unpaired) electrons. The van der Waals surface area contributed by atoms with E-state index in [0.29, 0.717) is 17.5 Å². The lowest BCUT2D eigenvalue weighted by atomic mass is 10.0. The summed E-state index contributed by atoms with van der Waals surface area (Å²) in [6, 6.07) is 7.28. The molecule has 0 saturated carbocycles. The Morgan fingerprint density at radius 1 is 1.30 bits per heavy atom. The molecule has 20 heavy (non-hydrogen) atoms. The maximum atomic E-state index is 6.20. The van der Waals surface area contributed by atoms with E-state index in [9.17, 15) is 0 Å². The second-order valence-corrected chi connectivity index (χ2v) is 4.84. The van der Waals surface area contributed by atoms with Crippen molar-refractivity contribution in [3.63, 3.8) is 0 Å². The van der Waals surface area contributed by atoms with Gasteiger partial charge in [-0.25, -0.2) is 4.98 Å².